The number of ether oxygens (including phenoxy) is 1. The van der Waals surface area contributed by atoms with Crippen LogP contribution in [0.25, 0.3) is 0 Å². The van der Waals surface area contributed by atoms with Gasteiger partial charge in [0.05, 0.1) is 12.2 Å². The monoisotopic (exact) mass is 291 g/mol. The molecule has 1 aromatic rings. The molecule has 2 heterocycles. The molecule has 4 heteroatoms. The van der Waals surface area contributed by atoms with Gasteiger partial charge in [0.2, 0.25) is 0 Å². The van der Waals surface area contributed by atoms with Crippen LogP contribution in [0.5, 0.6) is 0 Å². The van der Waals surface area contributed by atoms with Crippen molar-refractivity contribution in [2.24, 2.45) is 0 Å². The largest absolute Gasteiger partial charge is 0.372 e. The van der Waals surface area contributed by atoms with Crippen LogP contribution in [-0.4, -0.2) is 36.8 Å². The molecule has 1 aliphatic heterocycles. The van der Waals surface area contributed by atoms with Crippen molar-refractivity contribution in [3.8, 4) is 0 Å². The van der Waals surface area contributed by atoms with E-state index < -0.39 is 0 Å². The lowest BCUT2D eigenvalue weighted by Crippen LogP contribution is -2.46. The molecule has 1 saturated heterocycles. The predicted octanol–water partition coefficient (Wildman–Crippen LogP) is 2.76. The molecule has 2 rings (SSSR count). The number of hydrogen-bond acceptors (Lipinski definition) is 4. The minimum absolute atomic E-state index is 0.266. The van der Waals surface area contributed by atoms with Crippen LogP contribution in [-0.2, 0) is 17.7 Å². The Morgan fingerprint density at radius 2 is 1.95 bits per heavy atom. The summed E-state index contributed by atoms with van der Waals surface area (Å²) in [4.78, 5) is 7.18. The van der Waals surface area contributed by atoms with Crippen LogP contribution in [0.1, 0.15) is 45.4 Å². The van der Waals surface area contributed by atoms with Gasteiger partial charge in [0, 0.05) is 25.3 Å². The van der Waals surface area contributed by atoms with Gasteiger partial charge in [0.1, 0.15) is 5.82 Å². The van der Waals surface area contributed by atoms with Gasteiger partial charge in [0.25, 0.3) is 0 Å². The molecule has 0 spiro atoms. The van der Waals surface area contributed by atoms with Crippen LogP contribution < -0.4 is 10.2 Å². The third-order valence-corrected chi connectivity index (χ3v) is 3.79. The first-order valence-corrected chi connectivity index (χ1v) is 8.23. The summed E-state index contributed by atoms with van der Waals surface area (Å²) in [5, 5.41) is 3.48. The second kappa shape index (κ2) is 7.76. The van der Waals surface area contributed by atoms with Gasteiger partial charge in [-0.05, 0) is 50.9 Å². The standard InChI is InChI=1S/C17H29N3O/c1-5-7-18-10-15-8-16(6-2)19-17(9-15)20-11-13(3)21-14(4)12-20/h8-9,13-14,18H,5-7,10-12H2,1-4H3/t13-,14+. The molecule has 0 aliphatic carbocycles. The molecule has 118 valence electrons. The Hall–Kier alpha value is -1.13. The van der Waals surface area contributed by atoms with Crippen molar-refractivity contribution in [1.29, 1.82) is 0 Å². The lowest BCUT2D eigenvalue weighted by atomic mass is 10.1. The van der Waals surface area contributed by atoms with Crippen LogP contribution in [0.2, 0.25) is 0 Å². The van der Waals surface area contributed by atoms with Gasteiger partial charge < -0.3 is 15.0 Å². The summed E-state index contributed by atoms with van der Waals surface area (Å²) >= 11 is 0. The molecule has 0 bridgehead atoms. The Bertz CT molecular complexity index is 440. The SMILES string of the molecule is CCCNCc1cc(CC)nc(N2C[C@@H](C)O[C@@H](C)C2)c1. The number of pyridine rings is 1. The van der Waals surface area contributed by atoms with E-state index >= 15 is 0 Å². The second-order valence-electron chi connectivity index (χ2n) is 6.02. The summed E-state index contributed by atoms with van der Waals surface area (Å²) < 4.78 is 5.82. The van der Waals surface area contributed by atoms with Gasteiger partial charge in [-0.3, -0.25) is 0 Å². The summed E-state index contributed by atoms with van der Waals surface area (Å²) in [6.45, 7) is 12.5. The van der Waals surface area contributed by atoms with Crippen LogP contribution in [0, 0.1) is 0 Å². The number of nitrogens with zero attached hydrogens (tertiary/aromatic N) is 2. The highest BCUT2D eigenvalue weighted by Gasteiger charge is 2.23. The Balaban J connectivity index is 2.15. The highest BCUT2D eigenvalue weighted by atomic mass is 16.5. The summed E-state index contributed by atoms with van der Waals surface area (Å²) in [6.07, 6.45) is 2.67. The molecule has 0 radical (unpaired) electrons. The van der Waals surface area contributed by atoms with Crippen molar-refractivity contribution in [3.05, 3.63) is 23.4 Å². The molecular formula is C17H29N3O. The normalized spacial score (nSPS) is 22.6. The number of anilines is 1. The molecule has 0 saturated carbocycles. The highest BCUT2D eigenvalue weighted by molar-refractivity contribution is 5.43. The Morgan fingerprint density at radius 1 is 1.24 bits per heavy atom. The molecule has 2 atom stereocenters. The number of aromatic nitrogens is 1. The first kappa shape index (κ1) is 16.2. The number of nitrogens with one attached hydrogen (secondary N) is 1. The van der Waals surface area contributed by atoms with E-state index in [1.54, 1.807) is 0 Å². The second-order valence-corrected chi connectivity index (χ2v) is 6.02. The molecule has 1 aromatic heterocycles. The lowest BCUT2D eigenvalue weighted by Gasteiger charge is -2.36. The van der Waals surface area contributed by atoms with Gasteiger partial charge in [-0.25, -0.2) is 4.98 Å². The van der Waals surface area contributed by atoms with Gasteiger partial charge in [0.15, 0.2) is 0 Å². The molecule has 21 heavy (non-hydrogen) atoms. The molecule has 1 fully saturated rings. The first-order chi connectivity index (χ1) is 10.1. The Kier molecular flexibility index (Phi) is 6.00. The number of aryl methyl sites for hydroxylation is 1. The van der Waals surface area contributed by atoms with Crippen molar-refractivity contribution in [3.63, 3.8) is 0 Å². The summed E-state index contributed by atoms with van der Waals surface area (Å²) in [7, 11) is 0. The smallest absolute Gasteiger partial charge is 0.129 e. The zero-order valence-electron chi connectivity index (χ0n) is 13.9. The van der Waals surface area contributed by atoms with E-state index in [4.69, 9.17) is 9.72 Å². The van der Waals surface area contributed by atoms with Gasteiger partial charge in [-0.2, -0.15) is 0 Å². The molecule has 1 aliphatic rings. The van der Waals surface area contributed by atoms with E-state index in [-0.39, 0.29) is 12.2 Å². The maximum absolute atomic E-state index is 5.82. The van der Waals surface area contributed by atoms with Crippen molar-refractivity contribution < 1.29 is 4.74 Å². The zero-order valence-corrected chi connectivity index (χ0v) is 13.9. The fourth-order valence-corrected chi connectivity index (χ4v) is 2.85. The third kappa shape index (κ3) is 4.68. The van der Waals surface area contributed by atoms with E-state index in [1.807, 2.05) is 0 Å². The first-order valence-electron chi connectivity index (χ1n) is 8.23. The van der Waals surface area contributed by atoms with Crippen LogP contribution in [0.4, 0.5) is 5.82 Å². The van der Waals surface area contributed by atoms with Crippen molar-refractivity contribution in [1.82, 2.24) is 10.3 Å². The van der Waals surface area contributed by atoms with Crippen molar-refractivity contribution in [2.75, 3.05) is 24.5 Å². The topological polar surface area (TPSA) is 37.4 Å². The van der Waals surface area contributed by atoms with Gasteiger partial charge in [-0.15, -0.1) is 0 Å². The van der Waals surface area contributed by atoms with Gasteiger partial charge >= 0.3 is 0 Å². The molecule has 4 nitrogen and oxygen atoms in total. The lowest BCUT2D eigenvalue weighted by molar-refractivity contribution is -0.00547. The van der Waals surface area contributed by atoms with Gasteiger partial charge in [-0.1, -0.05) is 13.8 Å². The molecule has 0 aromatic carbocycles. The minimum atomic E-state index is 0.266. The fourth-order valence-electron chi connectivity index (χ4n) is 2.85. The number of morpholine rings is 1. The summed E-state index contributed by atoms with van der Waals surface area (Å²) in [6, 6.07) is 4.45. The number of rotatable bonds is 6. The van der Waals surface area contributed by atoms with E-state index in [0.717, 1.165) is 44.8 Å². The van der Waals surface area contributed by atoms with Crippen LogP contribution in [0.3, 0.4) is 0 Å². The van der Waals surface area contributed by atoms with E-state index in [2.05, 4.69) is 50.0 Å². The maximum atomic E-state index is 5.82. The third-order valence-electron chi connectivity index (χ3n) is 3.79. The summed E-state index contributed by atoms with van der Waals surface area (Å²) in [5.41, 5.74) is 2.50. The average molecular weight is 291 g/mol. The molecule has 1 N–H and O–H groups in total. The fraction of sp³-hybridized carbons (Fsp3) is 0.706. The maximum Gasteiger partial charge on any atom is 0.129 e. The predicted molar refractivity (Wildman–Crippen MR) is 87.8 cm³/mol. The summed E-state index contributed by atoms with van der Waals surface area (Å²) in [5.74, 6) is 1.10. The minimum Gasteiger partial charge on any atom is -0.372 e. The zero-order chi connectivity index (χ0) is 15.2. The Morgan fingerprint density at radius 3 is 2.57 bits per heavy atom. The Labute approximate surface area is 128 Å². The quantitative estimate of drug-likeness (QED) is 0.818. The average Bonchev–Trinajstić information content (AvgIpc) is 2.46. The van der Waals surface area contributed by atoms with E-state index in [0.29, 0.717) is 0 Å². The molecule has 0 amide bonds. The number of hydrogen-bond donors (Lipinski definition) is 1. The van der Waals surface area contributed by atoms with E-state index in [1.165, 1.54) is 11.3 Å². The highest BCUT2D eigenvalue weighted by Crippen LogP contribution is 2.20. The van der Waals surface area contributed by atoms with Crippen molar-refractivity contribution in [2.45, 2.75) is 59.3 Å². The van der Waals surface area contributed by atoms with E-state index in [9.17, 15) is 0 Å². The molecular weight excluding hydrogens is 262 g/mol. The van der Waals surface area contributed by atoms with Crippen molar-refractivity contribution >= 4 is 5.82 Å². The molecule has 0 unspecified atom stereocenters. The van der Waals surface area contributed by atoms with Crippen LogP contribution in [0.15, 0.2) is 12.1 Å². The van der Waals surface area contributed by atoms with Crippen LogP contribution >= 0.6 is 0 Å².